The van der Waals surface area contributed by atoms with Gasteiger partial charge in [0.05, 0.1) is 9.26 Å². The first kappa shape index (κ1) is 19.2. The maximum absolute atomic E-state index is 12.0. The molecule has 1 aromatic carbocycles. The van der Waals surface area contributed by atoms with Crippen molar-refractivity contribution in [2.24, 2.45) is 5.41 Å². The maximum atomic E-state index is 12.0. The Kier molecular flexibility index (Phi) is 6.02. The van der Waals surface area contributed by atoms with Crippen LogP contribution >= 0.6 is 22.9 Å². The highest BCUT2D eigenvalue weighted by molar-refractivity contribution is 7.16. The molecule has 0 aliphatic heterocycles. The van der Waals surface area contributed by atoms with Crippen LogP contribution in [0, 0.1) is 15.5 Å². The highest BCUT2D eigenvalue weighted by Crippen LogP contribution is 2.30. The molecule has 8 heteroatoms. The molecule has 25 heavy (non-hydrogen) atoms. The van der Waals surface area contributed by atoms with Gasteiger partial charge >= 0.3 is 0 Å². The zero-order chi connectivity index (χ0) is 18.6. The van der Waals surface area contributed by atoms with E-state index < -0.39 is 4.92 Å². The Morgan fingerprint density at radius 2 is 2.00 bits per heavy atom. The fourth-order valence-corrected chi connectivity index (χ4v) is 3.24. The lowest BCUT2D eigenvalue weighted by Crippen LogP contribution is -2.20. The number of anilines is 2. The van der Waals surface area contributed by atoms with E-state index in [1.807, 2.05) is 26.8 Å². The number of rotatable bonds is 6. The monoisotopic (exact) mass is 381 g/mol. The number of thiophene rings is 1. The molecule has 2 aromatic rings. The van der Waals surface area contributed by atoms with Gasteiger partial charge in [-0.25, -0.2) is 0 Å². The zero-order valence-electron chi connectivity index (χ0n) is 14.3. The van der Waals surface area contributed by atoms with Gasteiger partial charge in [0.25, 0.3) is 5.69 Å². The molecule has 1 aromatic heterocycles. The van der Waals surface area contributed by atoms with Crippen LogP contribution in [0.1, 0.15) is 32.1 Å². The molecule has 0 atom stereocenters. The first-order chi connectivity index (χ1) is 11.6. The predicted octanol–water partition coefficient (Wildman–Crippen LogP) is 5.30. The van der Waals surface area contributed by atoms with Gasteiger partial charge in [0.2, 0.25) is 5.91 Å². The number of carbonyl (C=O) groups is 1. The Balaban J connectivity index is 2.11. The standard InChI is InChI=1S/C17H20ClN3O3S/c1-17(2,3)9-16(22)20-13-6-4-11(8-14(13)21(23)24)19-10-12-5-7-15(18)25-12/h4-8,19H,9-10H2,1-3H3,(H,20,22). The molecule has 2 rings (SSSR count). The van der Waals surface area contributed by atoms with E-state index in [-0.39, 0.29) is 29.1 Å². The Bertz CT molecular complexity index is 784. The Labute approximate surface area is 155 Å². The molecule has 6 nitrogen and oxygen atoms in total. The summed E-state index contributed by atoms with van der Waals surface area (Å²) < 4.78 is 0.694. The second kappa shape index (κ2) is 7.84. The van der Waals surface area contributed by atoms with Gasteiger partial charge in [-0.15, -0.1) is 11.3 Å². The van der Waals surface area contributed by atoms with Crippen molar-refractivity contribution >= 4 is 45.9 Å². The van der Waals surface area contributed by atoms with Crippen molar-refractivity contribution in [2.45, 2.75) is 33.7 Å². The topological polar surface area (TPSA) is 84.3 Å². The van der Waals surface area contributed by atoms with Crippen LogP contribution in [0.15, 0.2) is 30.3 Å². The molecule has 0 saturated carbocycles. The summed E-state index contributed by atoms with van der Waals surface area (Å²) >= 11 is 7.33. The fourth-order valence-electron chi connectivity index (χ4n) is 2.21. The summed E-state index contributed by atoms with van der Waals surface area (Å²) in [6.07, 6.45) is 0.281. The lowest BCUT2D eigenvalue weighted by molar-refractivity contribution is -0.383. The summed E-state index contributed by atoms with van der Waals surface area (Å²) in [5.74, 6) is -0.246. The highest BCUT2D eigenvalue weighted by atomic mass is 35.5. The lowest BCUT2D eigenvalue weighted by atomic mass is 9.92. The summed E-state index contributed by atoms with van der Waals surface area (Å²) in [6.45, 7) is 6.32. The number of carbonyl (C=O) groups excluding carboxylic acids is 1. The van der Waals surface area contributed by atoms with Gasteiger partial charge in [-0.05, 0) is 29.7 Å². The van der Waals surface area contributed by atoms with Crippen LogP contribution in [0.5, 0.6) is 0 Å². The minimum absolute atomic E-state index is 0.142. The maximum Gasteiger partial charge on any atom is 0.294 e. The van der Waals surface area contributed by atoms with Crippen LogP contribution < -0.4 is 10.6 Å². The van der Waals surface area contributed by atoms with Crippen molar-refractivity contribution in [3.8, 4) is 0 Å². The van der Waals surface area contributed by atoms with Crippen LogP contribution in [0.25, 0.3) is 0 Å². The third kappa shape index (κ3) is 6.03. The SMILES string of the molecule is CC(C)(C)CC(=O)Nc1ccc(NCc2ccc(Cl)s2)cc1[N+](=O)[O-]. The second-order valence-electron chi connectivity index (χ2n) is 6.83. The third-order valence-corrected chi connectivity index (χ3v) is 4.49. The Morgan fingerprint density at radius 1 is 1.28 bits per heavy atom. The van der Waals surface area contributed by atoms with Crippen LogP contribution in [-0.4, -0.2) is 10.8 Å². The molecule has 0 spiro atoms. The van der Waals surface area contributed by atoms with Gasteiger partial charge in [-0.3, -0.25) is 14.9 Å². The molecule has 1 amide bonds. The number of hydrogen-bond acceptors (Lipinski definition) is 5. The van der Waals surface area contributed by atoms with E-state index in [9.17, 15) is 14.9 Å². The molecule has 0 bridgehead atoms. The van der Waals surface area contributed by atoms with E-state index in [1.165, 1.54) is 17.4 Å². The van der Waals surface area contributed by atoms with Gasteiger partial charge in [0, 0.05) is 29.6 Å². The fraction of sp³-hybridized carbons (Fsp3) is 0.353. The van der Waals surface area contributed by atoms with Gasteiger partial charge < -0.3 is 10.6 Å². The van der Waals surface area contributed by atoms with Crippen LogP contribution in [0.3, 0.4) is 0 Å². The van der Waals surface area contributed by atoms with E-state index in [0.29, 0.717) is 16.6 Å². The number of hydrogen-bond donors (Lipinski definition) is 2. The minimum atomic E-state index is -0.500. The van der Waals surface area contributed by atoms with Gasteiger partial charge in [-0.2, -0.15) is 0 Å². The molecule has 0 radical (unpaired) electrons. The molecule has 0 aliphatic rings. The molecule has 0 saturated heterocycles. The van der Waals surface area contributed by atoms with E-state index in [2.05, 4.69) is 10.6 Å². The molecular formula is C17H20ClN3O3S. The van der Waals surface area contributed by atoms with E-state index in [4.69, 9.17) is 11.6 Å². The van der Waals surface area contributed by atoms with Crippen molar-refractivity contribution in [2.75, 3.05) is 10.6 Å². The molecule has 1 heterocycles. The second-order valence-corrected chi connectivity index (χ2v) is 8.63. The number of nitrogens with one attached hydrogen (secondary N) is 2. The lowest BCUT2D eigenvalue weighted by Gasteiger charge is -2.17. The van der Waals surface area contributed by atoms with Crippen LogP contribution in [0.2, 0.25) is 4.34 Å². The molecule has 2 N–H and O–H groups in total. The van der Waals surface area contributed by atoms with Crippen LogP contribution in [-0.2, 0) is 11.3 Å². The quantitative estimate of drug-likeness (QED) is 0.525. The summed E-state index contributed by atoms with van der Waals surface area (Å²) in [4.78, 5) is 23.9. The predicted molar refractivity (Wildman–Crippen MR) is 102 cm³/mol. The number of amides is 1. The van der Waals surface area contributed by atoms with Gasteiger partial charge in [0.15, 0.2) is 0 Å². The number of nitro groups is 1. The van der Waals surface area contributed by atoms with Crippen molar-refractivity contribution in [3.05, 3.63) is 49.7 Å². The minimum Gasteiger partial charge on any atom is -0.380 e. The van der Waals surface area contributed by atoms with Gasteiger partial charge in [-0.1, -0.05) is 32.4 Å². The smallest absolute Gasteiger partial charge is 0.294 e. The summed E-state index contributed by atoms with van der Waals surface area (Å²) in [7, 11) is 0. The van der Waals surface area contributed by atoms with Gasteiger partial charge in [0.1, 0.15) is 5.69 Å². The zero-order valence-corrected chi connectivity index (χ0v) is 15.8. The molecule has 134 valence electrons. The number of benzene rings is 1. The third-order valence-electron chi connectivity index (χ3n) is 3.26. The Morgan fingerprint density at radius 3 is 2.56 bits per heavy atom. The van der Waals surface area contributed by atoms with E-state index in [1.54, 1.807) is 18.2 Å². The highest BCUT2D eigenvalue weighted by Gasteiger charge is 2.20. The molecular weight excluding hydrogens is 362 g/mol. The van der Waals surface area contributed by atoms with Crippen molar-refractivity contribution in [1.29, 1.82) is 0 Å². The number of nitrogens with zero attached hydrogens (tertiary/aromatic N) is 1. The summed E-state index contributed by atoms with van der Waals surface area (Å²) in [5.41, 5.74) is 0.466. The van der Waals surface area contributed by atoms with Crippen molar-refractivity contribution in [3.63, 3.8) is 0 Å². The molecule has 0 unspecified atom stereocenters. The molecule has 0 aliphatic carbocycles. The normalized spacial score (nSPS) is 11.2. The van der Waals surface area contributed by atoms with Crippen LogP contribution in [0.4, 0.5) is 17.1 Å². The average Bonchev–Trinajstić information content (AvgIpc) is 2.89. The summed E-state index contributed by atoms with van der Waals surface area (Å²) in [6, 6.07) is 8.37. The summed E-state index contributed by atoms with van der Waals surface area (Å²) in [5, 5.41) is 17.1. The Hall–Kier alpha value is -2.12. The molecule has 0 fully saturated rings. The average molecular weight is 382 g/mol. The van der Waals surface area contributed by atoms with E-state index >= 15 is 0 Å². The number of halogens is 1. The first-order valence-electron chi connectivity index (χ1n) is 7.70. The first-order valence-corrected chi connectivity index (χ1v) is 8.90. The largest absolute Gasteiger partial charge is 0.380 e. The van der Waals surface area contributed by atoms with Crippen molar-refractivity contribution < 1.29 is 9.72 Å². The number of nitro benzene ring substituents is 1. The van der Waals surface area contributed by atoms with Crippen molar-refractivity contribution in [1.82, 2.24) is 0 Å². The van der Waals surface area contributed by atoms with E-state index in [0.717, 1.165) is 4.88 Å².